The van der Waals surface area contributed by atoms with Crippen molar-refractivity contribution in [3.05, 3.63) is 52.3 Å². The molecule has 0 fully saturated rings. The maximum absolute atomic E-state index is 12.3. The van der Waals surface area contributed by atoms with Gasteiger partial charge in [-0.2, -0.15) is 5.10 Å². The molecule has 0 atom stereocenters. The Morgan fingerprint density at radius 2 is 2.11 bits per heavy atom. The minimum Gasteiger partial charge on any atom is -0.309 e. The SMILES string of the molecule is Cc1cc(CC(=O)c2ccc3c(c2)CNC3)n(C)n1. The molecular weight excluding hydrogens is 238 g/mol. The summed E-state index contributed by atoms with van der Waals surface area (Å²) < 4.78 is 1.78. The molecule has 4 nitrogen and oxygen atoms in total. The molecule has 1 aromatic carbocycles. The van der Waals surface area contributed by atoms with Crippen LogP contribution in [0.2, 0.25) is 0 Å². The minimum absolute atomic E-state index is 0.151. The van der Waals surface area contributed by atoms with Crippen LogP contribution in [0.4, 0.5) is 0 Å². The molecule has 1 aliphatic rings. The number of aromatic nitrogens is 2. The third-order valence-electron chi connectivity index (χ3n) is 3.60. The van der Waals surface area contributed by atoms with E-state index in [1.807, 2.05) is 32.2 Å². The molecule has 3 rings (SSSR count). The number of fused-ring (bicyclic) bond motifs is 1. The molecule has 19 heavy (non-hydrogen) atoms. The Labute approximate surface area is 112 Å². The second kappa shape index (κ2) is 4.63. The van der Waals surface area contributed by atoms with Crippen LogP contribution in [0.25, 0.3) is 0 Å². The highest BCUT2D eigenvalue weighted by atomic mass is 16.1. The van der Waals surface area contributed by atoms with Crippen molar-refractivity contribution in [1.82, 2.24) is 15.1 Å². The topological polar surface area (TPSA) is 46.9 Å². The molecule has 1 N–H and O–H groups in total. The molecule has 1 aromatic heterocycles. The van der Waals surface area contributed by atoms with Crippen molar-refractivity contribution >= 4 is 5.78 Å². The first-order valence-electron chi connectivity index (χ1n) is 6.49. The molecule has 2 aromatic rings. The zero-order valence-electron chi connectivity index (χ0n) is 11.2. The van der Waals surface area contributed by atoms with E-state index in [1.165, 1.54) is 11.1 Å². The molecule has 0 saturated carbocycles. The summed E-state index contributed by atoms with van der Waals surface area (Å²) in [6.07, 6.45) is 0.406. The average Bonchev–Trinajstić information content (AvgIpc) is 2.95. The molecule has 0 saturated heterocycles. The second-order valence-electron chi connectivity index (χ2n) is 5.09. The quantitative estimate of drug-likeness (QED) is 0.850. The summed E-state index contributed by atoms with van der Waals surface area (Å²) >= 11 is 0. The zero-order chi connectivity index (χ0) is 13.4. The van der Waals surface area contributed by atoms with Crippen LogP contribution >= 0.6 is 0 Å². The monoisotopic (exact) mass is 255 g/mol. The molecule has 98 valence electrons. The van der Waals surface area contributed by atoms with E-state index in [0.29, 0.717) is 6.42 Å². The van der Waals surface area contributed by atoms with Crippen LogP contribution in [0.15, 0.2) is 24.3 Å². The first-order chi connectivity index (χ1) is 9.13. The van der Waals surface area contributed by atoms with Gasteiger partial charge in [-0.25, -0.2) is 0 Å². The smallest absolute Gasteiger partial charge is 0.168 e. The lowest BCUT2D eigenvalue weighted by molar-refractivity contribution is 0.0990. The van der Waals surface area contributed by atoms with Gasteiger partial charge in [0.05, 0.1) is 12.1 Å². The number of benzene rings is 1. The van der Waals surface area contributed by atoms with E-state index in [0.717, 1.165) is 30.0 Å². The minimum atomic E-state index is 0.151. The molecule has 0 radical (unpaired) electrons. The zero-order valence-corrected chi connectivity index (χ0v) is 11.2. The van der Waals surface area contributed by atoms with Gasteiger partial charge in [0.15, 0.2) is 5.78 Å². The maximum atomic E-state index is 12.3. The van der Waals surface area contributed by atoms with Gasteiger partial charge in [-0.15, -0.1) is 0 Å². The fraction of sp³-hybridized carbons (Fsp3) is 0.333. The number of ketones is 1. The van der Waals surface area contributed by atoms with Gasteiger partial charge in [-0.05, 0) is 30.2 Å². The van der Waals surface area contributed by atoms with E-state index >= 15 is 0 Å². The third-order valence-corrected chi connectivity index (χ3v) is 3.60. The van der Waals surface area contributed by atoms with Crippen molar-refractivity contribution in [2.45, 2.75) is 26.4 Å². The van der Waals surface area contributed by atoms with Crippen molar-refractivity contribution in [3.8, 4) is 0 Å². The van der Waals surface area contributed by atoms with Crippen molar-refractivity contribution in [3.63, 3.8) is 0 Å². The summed E-state index contributed by atoms with van der Waals surface area (Å²) in [4.78, 5) is 12.3. The first-order valence-corrected chi connectivity index (χ1v) is 6.49. The van der Waals surface area contributed by atoms with Crippen LogP contribution in [0.3, 0.4) is 0 Å². The molecule has 4 heteroatoms. The fourth-order valence-corrected chi connectivity index (χ4v) is 2.56. The number of aryl methyl sites for hydroxylation is 2. The van der Waals surface area contributed by atoms with Gasteiger partial charge in [0, 0.05) is 31.4 Å². The van der Waals surface area contributed by atoms with Gasteiger partial charge >= 0.3 is 0 Å². The predicted octanol–water partition coefficient (Wildman–Crippen LogP) is 1.76. The third kappa shape index (κ3) is 2.31. The van der Waals surface area contributed by atoms with Gasteiger partial charge in [0.25, 0.3) is 0 Å². The van der Waals surface area contributed by atoms with E-state index < -0.39 is 0 Å². The largest absolute Gasteiger partial charge is 0.309 e. The lowest BCUT2D eigenvalue weighted by Gasteiger charge is -2.04. The number of nitrogens with one attached hydrogen (secondary N) is 1. The highest BCUT2D eigenvalue weighted by Crippen LogP contribution is 2.18. The molecule has 1 aliphatic heterocycles. The van der Waals surface area contributed by atoms with Crippen LogP contribution in [0.1, 0.15) is 32.9 Å². The second-order valence-corrected chi connectivity index (χ2v) is 5.09. The molecule has 0 amide bonds. The van der Waals surface area contributed by atoms with Crippen LogP contribution in [0, 0.1) is 6.92 Å². The number of hydrogen-bond acceptors (Lipinski definition) is 3. The van der Waals surface area contributed by atoms with Gasteiger partial charge in [0.2, 0.25) is 0 Å². The van der Waals surface area contributed by atoms with Crippen molar-refractivity contribution in [2.24, 2.45) is 7.05 Å². The summed E-state index contributed by atoms with van der Waals surface area (Å²) in [6, 6.07) is 7.96. The fourth-order valence-electron chi connectivity index (χ4n) is 2.56. The van der Waals surface area contributed by atoms with Crippen molar-refractivity contribution in [2.75, 3.05) is 0 Å². The van der Waals surface area contributed by atoms with E-state index in [-0.39, 0.29) is 5.78 Å². The Balaban J connectivity index is 1.82. The summed E-state index contributed by atoms with van der Waals surface area (Å²) in [6.45, 7) is 3.71. The predicted molar refractivity (Wildman–Crippen MR) is 73.0 cm³/mol. The Bertz CT molecular complexity index is 643. The van der Waals surface area contributed by atoms with Crippen LogP contribution < -0.4 is 5.32 Å². The number of nitrogens with zero attached hydrogens (tertiary/aromatic N) is 2. The Kier molecular flexibility index (Phi) is 2.95. The summed E-state index contributed by atoms with van der Waals surface area (Å²) in [5.74, 6) is 0.151. The van der Waals surface area contributed by atoms with E-state index in [9.17, 15) is 4.79 Å². The number of hydrogen-bond donors (Lipinski definition) is 1. The number of rotatable bonds is 3. The highest BCUT2D eigenvalue weighted by Gasteiger charge is 2.15. The van der Waals surface area contributed by atoms with Gasteiger partial charge in [0.1, 0.15) is 0 Å². The summed E-state index contributed by atoms with van der Waals surface area (Å²) in [5.41, 5.74) is 5.24. The normalized spacial score (nSPS) is 13.6. The molecule has 0 aliphatic carbocycles. The molecule has 2 heterocycles. The van der Waals surface area contributed by atoms with Gasteiger partial charge in [-0.1, -0.05) is 12.1 Å². The molecule has 0 spiro atoms. The number of carbonyl (C=O) groups excluding carboxylic acids is 1. The first kappa shape index (κ1) is 12.1. The lowest BCUT2D eigenvalue weighted by Crippen LogP contribution is -2.08. The van der Waals surface area contributed by atoms with Crippen LogP contribution in [-0.4, -0.2) is 15.6 Å². The van der Waals surface area contributed by atoms with Crippen LogP contribution in [-0.2, 0) is 26.6 Å². The van der Waals surface area contributed by atoms with E-state index in [2.05, 4.69) is 16.5 Å². The molecule has 0 unspecified atom stereocenters. The van der Waals surface area contributed by atoms with Crippen LogP contribution in [0.5, 0.6) is 0 Å². The van der Waals surface area contributed by atoms with Gasteiger partial charge < -0.3 is 5.32 Å². The van der Waals surface area contributed by atoms with E-state index in [4.69, 9.17) is 0 Å². The summed E-state index contributed by atoms with van der Waals surface area (Å²) in [7, 11) is 1.88. The van der Waals surface area contributed by atoms with E-state index in [1.54, 1.807) is 4.68 Å². The average molecular weight is 255 g/mol. The Morgan fingerprint density at radius 1 is 1.32 bits per heavy atom. The standard InChI is InChI=1S/C15H17N3O/c1-10-5-14(18(2)17-10)7-15(19)11-3-4-12-8-16-9-13(12)6-11/h3-6,16H,7-9H2,1-2H3. The highest BCUT2D eigenvalue weighted by molar-refractivity contribution is 5.97. The summed E-state index contributed by atoms with van der Waals surface area (Å²) in [5, 5.41) is 7.56. The Hall–Kier alpha value is -1.94. The Morgan fingerprint density at radius 3 is 2.84 bits per heavy atom. The molecule has 0 bridgehead atoms. The molecular formula is C15H17N3O. The number of carbonyl (C=O) groups is 1. The maximum Gasteiger partial charge on any atom is 0.168 e. The lowest BCUT2D eigenvalue weighted by atomic mass is 10.0. The number of Topliss-reactive ketones (excluding diaryl/α,β-unsaturated/α-hetero) is 1. The van der Waals surface area contributed by atoms with Gasteiger partial charge in [-0.3, -0.25) is 9.48 Å². The van der Waals surface area contributed by atoms with Crippen molar-refractivity contribution < 1.29 is 4.79 Å². The van der Waals surface area contributed by atoms with Crippen molar-refractivity contribution in [1.29, 1.82) is 0 Å².